The maximum atomic E-state index is 14.1. The van der Waals surface area contributed by atoms with Gasteiger partial charge in [-0.2, -0.15) is 0 Å². The number of fused-ring (bicyclic) bond motifs is 5. The van der Waals surface area contributed by atoms with Gasteiger partial charge in [0.15, 0.2) is 5.82 Å². The summed E-state index contributed by atoms with van der Waals surface area (Å²) in [5.74, 6) is -1.13. The molecule has 4 aromatic rings. The van der Waals surface area contributed by atoms with Crippen LogP contribution in [0.4, 0.5) is 14.6 Å². The number of hydrogen-bond donors (Lipinski definition) is 3. The zero-order valence-electron chi connectivity index (χ0n) is 17.6. The zero-order chi connectivity index (χ0) is 22.7. The maximum absolute atomic E-state index is 14.1. The highest BCUT2D eigenvalue weighted by Gasteiger charge is 2.47. The monoisotopic (exact) mass is 449 g/mol. The van der Waals surface area contributed by atoms with Gasteiger partial charge in [0.1, 0.15) is 23.1 Å². The molecule has 3 aliphatic carbocycles. The number of benzene rings is 1. The number of H-pyrrole nitrogens is 1. The normalized spacial score (nSPS) is 24.4. The van der Waals surface area contributed by atoms with Gasteiger partial charge < -0.3 is 15.4 Å². The first kappa shape index (κ1) is 20.0. The predicted octanol–water partition coefficient (Wildman–Crippen LogP) is 4.75. The Bertz CT molecular complexity index is 1400. The molecule has 0 saturated heterocycles. The molecule has 3 fully saturated rings. The Hall–Kier alpha value is -3.62. The molecule has 0 amide bonds. The molecule has 2 unspecified atom stereocenters. The van der Waals surface area contributed by atoms with E-state index in [1.807, 2.05) is 0 Å². The van der Waals surface area contributed by atoms with E-state index in [0.29, 0.717) is 33.3 Å². The number of halogens is 2. The molecule has 9 heteroatoms. The van der Waals surface area contributed by atoms with Crippen LogP contribution < -0.4 is 5.32 Å². The fourth-order valence-electron chi connectivity index (χ4n) is 5.67. The smallest absolute Gasteiger partial charge is 0.308 e. The highest BCUT2D eigenvalue weighted by Crippen LogP contribution is 2.46. The molecule has 1 aromatic carbocycles. The molecule has 3 heterocycles. The van der Waals surface area contributed by atoms with Crippen LogP contribution in [-0.2, 0) is 4.79 Å². The lowest BCUT2D eigenvalue weighted by Crippen LogP contribution is -2.51. The van der Waals surface area contributed by atoms with Crippen LogP contribution in [0.15, 0.2) is 36.7 Å². The number of aromatic amines is 1. The van der Waals surface area contributed by atoms with Gasteiger partial charge in [-0.25, -0.2) is 23.7 Å². The second-order valence-corrected chi connectivity index (χ2v) is 9.02. The quantitative estimate of drug-likeness (QED) is 0.415. The van der Waals surface area contributed by atoms with E-state index in [9.17, 15) is 18.7 Å². The number of aliphatic carboxylic acids is 1. The molecule has 7 nitrogen and oxygen atoms in total. The number of hydrogen-bond acceptors (Lipinski definition) is 5. The van der Waals surface area contributed by atoms with Gasteiger partial charge in [-0.15, -0.1) is 0 Å². The lowest BCUT2D eigenvalue weighted by atomic mass is 9.61. The second kappa shape index (κ2) is 7.47. The predicted molar refractivity (Wildman–Crippen MR) is 119 cm³/mol. The number of rotatable bonds is 4. The average molecular weight is 449 g/mol. The maximum Gasteiger partial charge on any atom is 0.308 e. The number of pyridine rings is 1. The fraction of sp³-hybridized carbons (Fsp3) is 0.333. The van der Waals surface area contributed by atoms with Crippen molar-refractivity contribution < 1.29 is 18.7 Å². The molecule has 0 radical (unpaired) electrons. The van der Waals surface area contributed by atoms with Gasteiger partial charge in [0.05, 0.1) is 17.6 Å². The van der Waals surface area contributed by atoms with E-state index in [4.69, 9.17) is 4.98 Å². The third kappa shape index (κ3) is 3.30. The molecule has 7 rings (SSSR count). The first-order valence-electron chi connectivity index (χ1n) is 11.1. The van der Waals surface area contributed by atoms with E-state index in [1.54, 1.807) is 12.3 Å². The molecular formula is C24H21F2N5O2. The molecule has 168 valence electrons. The van der Waals surface area contributed by atoms with Gasteiger partial charge in [-0.1, -0.05) is 0 Å². The summed E-state index contributed by atoms with van der Waals surface area (Å²) in [6, 6.07) is 5.34. The van der Waals surface area contributed by atoms with Crippen LogP contribution in [0.5, 0.6) is 0 Å². The Morgan fingerprint density at radius 1 is 1.03 bits per heavy atom. The van der Waals surface area contributed by atoms with Crippen molar-refractivity contribution in [2.75, 3.05) is 5.32 Å². The minimum absolute atomic E-state index is 0.137. The molecule has 2 bridgehead atoms. The first-order chi connectivity index (χ1) is 16.0. The molecule has 3 saturated carbocycles. The fourth-order valence-corrected chi connectivity index (χ4v) is 5.67. The standard InChI is InChI=1S/C24H21F2N5O2/c25-13-5-6-15-18(8-13)29-23(17-10-28-21-16(17)7-14(26)9-27-21)31-22(15)30-20-12-3-1-11(2-4-12)19(20)24(32)33/h5-12,19-20H,1-4H2,(H,27,28)(H,32,33)(H,29,30,31). The van der Waals surface area contributed by atoms with Crippen molar-refractivity contribution >= 4 is 33.7 Å². The summed E-state index contributed by atoms with van der Waals surface area (Å²) in [7, 11) is 0. The number of aromatic nitrogens is 4. The molecule has 3 N–H and O–H groups in total. The summed E-state index contributed by atoms with van der Waals surface area (Å²) < 4.78 is 27.9. The van der Waals surface area contributed by atoms with Gasteiger partial charge in [0.2, 0.25) is 0 Å². The topological polar surface area (TPSA) is 104 Å². The Morgan fingerprint density at radius 2 is 1.82 bits per heavy atom. The summed E-state index contributed by atoms with van der Waals surface area (Å²) in [6.07, 6.45) is 6.57. The van der Waals surface area contributed by atoms with E-state index >= 15 is 0 Å². The Morgan fingerprint density at radius 3 is 2.61 bits per heavy atom. The van der Waals surface area contributed by atoms with Crippen LogP contribution in [0.1, 0.15) is 25.7 Å². The molecule has 0 aliphatic heterocycles. The minimum Gasteiger partial charge on any atom is -0.481 e. The molecule has 3 aliphatic rings. The summed E-state index contributed by atoms with van der Waals surface area (Å²) in [5.41, 5.74) is 1.40. The third-order valence-electron chi connectivity index (χ3n) is 7.21. The van der Waals surface area contributed by atoms with Crippen molar-refractivity contribution in [2.24, 2.45) is 17.8 Å². The largest absolute Gasteiger partial charge is 0.481 e. The van der Waals surface area contributed by atoms with Crippen molar-refractivity contribution in [2.45, 2.75) is 31.7 Å². The number of carbonyl (C=O) groups is 1. The van der Waals surface area contributed by atoms with Crippen LogP contribution in [0.2, 0.25) is 0 Å². The lowest BCUT2D eigenvalue weighted by Gasteiger charge is -2.47. The van der Waals surface area contributed by atoms with Crippen molar-refractivity contribution in [3.8, 4) is 11.4 Å². The van der Waals surface area contributed by atoms with Gasteiger partial charge in [-0.3, -0.25) is 4.79 Å². The molecule has 33 heavy (non-hydrogen) atoms. The Balaban J connectivity index is 1.50. The summed E-state index contributed by atoms with van der Waals surface area (Å²) in [4.78, 5) is 28.4. The Kier molecular flexibility index (Phi) is 4.53. The number of nitrogens with one attached hydrogen (secondary N) is 2. The highest BCUT2D eigenvalue weighted by molar-refractivity contribution is 5.95. The zero-order valence-corrected chi connectivity index (χ0v) is 17.6. The van der Waals surface area contributed by atoms with Crippen LogP contribution in [0, 0.1) is 29.4 Å². The summed E-state index contributed by atoms with van der Waals surface area (Å²) >= 11 is 0. The van der Waals surface area contributed by atoms with Gasteiger partial charge in [0, 0.05) is 34.6 Å². The van der Waals surface area contributed by atoms with Crippen molar-refractivity contribution in [1.82, 2.24) is 19.9 Å². The third-order valence-corrected chi connectivity index (χ3v) is 7.21. The van der Waals surface area contributed by atoms with E-state index in [-0.39, 0.29) is 23.7 Å². The average Bonchev–Trinajstić information content (AvgIpc) is 3.22. The minimum atomic E-state index is -0.801. The number of anilines is 1. The first-order valence-corrected chi connectivity index (χ1v) is 11.1. The molecule has 2 atom stereocenters. The van der Waals surface area contributed by atoms with E-state index < -0.39 is 23.5 Å². The van der Waals surface area contributed by atoms with E-state index in [0.717, 1.165) is 31.9 Å². The number of carboxylic acid groups (broad SMARTS) is 1. The Labute approximate surface area is 187 Å². The second-order valence-electron chi connectivity index (χ2n) is 9.02. The molecule has 0 spiro atoms. The van der Waals surface area contributed by atoms with Crippen molar-refractivity contribution in [3.63, 3.8) is 0 Å². The van der Waals surface area contributed by atoms with E-state index in [1.165, 1.54) is 18.2 Å². The van der Waals surface area contributed by atoms with Crippen LogP contribution >= 0.6 is 0 Å². The van der Waals surface area contributed by atoms with Crippen LogP contribution in [-0.4, -0.2) is 37.1 Å². The van der Waals surface area contributed by atoms with Crippen molar-refractivity contribution in [3.05, 3.63) is 48.3 Å². The van der Waals surface area contributed by atoms with Gasteiger partial charge in [-0.05, 0) is 55.7 Å². The van der Waals surface area contributed by atoms with Crippen molar-refractivity contribution in [1.29, 1.82) is 0 Å². The summed E-state index contributed by atoms with van der Waals surface area (Å²) in [6.45, 7) is 0. The van der Waals surface area contributed by atoms with Crippen LogP contribution in [0.3, 0.4) is 0 Å². The number of carboxylic acids is 1. The lowest BCUT2D eigenvalue weighted by molar-refractivity contribution is -0.148. The SMILES string of the molecule is O=C(O)C1C2CCC(CC2)C1Nc1nc(-c2c[nH]c3ncc(F)cc23)nc2cc(F)ccc12. The number of nitrogens with zero attached hydrogens (tertiary/aromatic N) is 3. The molecule has 3 aromatic heterocycles. The molecular weight excluding hydrogens is 428 g/mol. The van der Waals surface area contributed by atoms with E-state index in [2.05, 4.69) is 20.3 Å². The van der Waals surface area contributed by atoms with Gasteiger partial charge in [0.25, 0.3) is 0 Å². The highest BCUT2D eigenvalue weighted by atomic mass is 19.1. The van der Waals surface area contributed by atoms with Crippen LogP contribution in [0.25, 0.3) is 33.3 Å². The summed E-state index contributed by atoms with van der Waals surface area (Å²) in [5, 5.41) is 14.5. The van der Waals surface area contributed by atoms with Gasteiger partial charge >= 0.3 is 5.97 Å².